The highest BCUT2D eigenvalue weighted by molar-refractivity contribution is 5.13. The Morgan fingerprint density at radius 3 is 2.35 bits per heavy atom. The van der Waals surface area contributed by atoms with Crippen molar-refractivity contribution >= 4 is 0 Å². The third kappa shape index (κ3) is 2.50. The third-order valence-corrected chi connectivity index (χ3v) is 10.4. The highest BCUT2D eigenvalue weighted by atomic mass is 16.3. The molecule has 4 saturated carbocycles. The van der Waals surface area contributed by atoms with Crippen LogP contribution >= 0.6 is 0 Å². The van der Waals surface area contributed by atoms with Gasteiger partial charge >= 0.3 is 0 Å². The minimum atomic E-state index is -0.0889. The van der Waals surface area contributed by atoms with Crippen LogP contribution in [0.15, 0.2) is 0 Å². The van der Waals surface area contributed by atoms with Gasteiger partial charge in [-0.1, -0.05) is 47.0 Å². The zero-order chi connectivity index (χ0) is 18.7. The lowest BCUT2D eigenvalue weighted by molar-refractivity contribution is -0.194. The Kier molecular flexibility index (Phi) is 5.01. The second-order valence-corrected chi connectivity index (χ2v) is 11.1. The molecule has 0 amide bonds. The minimum absolute atomic E-state index is 0.0889. The predicted molar refractivity (Wildman–Crippen MR) is 107 cm³/mol. The Morgan fingerprint density at radius 1 is 0.923 bits per heavy atom. The van der Waals surface area contributed by atoms with E-state index in [0.717, 1.165) is 18.3 Å². The Labute approximate surface area is 161 Å². The summed E-state index contributed by atoms with van der Waals surface area (Å²) in [7, 11) is 0. The normalized spacial score (nSPS) is 54.9. The van der Waals surface area contributed by atoms with Gasteiger partial charge in [0.25, 0.3) is 0 Å². The van der Waals surface area contributed by atoms with E-state index in [1.54, 1.807) is 0 Å². The molecular formula is C24H42O2. The summed E-state index contributed by atoms with van der Waals surface area (Å²) in [6.45, 7) is 10.0. The lowest BCUT2D eigenvalue weighted by Crippen LogP contribution is -2.61. The molecule has 1 unspecified atom stereocenters. The van der Waals surface area contributed by atoms with Gasteiger partial charge in [-0.25, -0.2) is 0 Å². The number of fused-ring (bicyclic) bond motifs is 5. The van der Waals surface area contributed by atoms with Gasteiger partial charge in [0.2, 0.25) is 0 Å². The zero-order valence-corrected chi connectivity index (χ0v) is 17.6. The summed E-state index contributed by atoms with van der Waals surface area (Å²) < 4.78 is 0. The first kappa shape index (κ1) is 19.2. The minimum Gasteiger partial charge on any atom is -0.396 e. The van der Waals surface area contributed by atoms with Crippen LogP contribution < -0.4 is 0 Å². The first-order valence-electron chi connectivity index (χ1n) is 11.7. The molecule has 26 heavy (non-hydrogen) atoms. The third-order valence-electron chi connectivity index (χ3n) is 10.4. The van der Waals surface area contributed by atoms with Crippen molar-refractivity contribution in [1.29, 1.82) is 0 Å². The van der Waals surface area contributed by atoms with Crippen molar-refractivity contribution in [3.05, 3.63) is 0 Å². The summed E-state index contributed by atoms with van der Waals surface area (Å²) in [5, 5.41) is 21.4. The topological polar surface area (TPSA) is 40.5 Å². The maximum Gasteiger partial charge on any atom is 0.0605 e. The fourth-order valence-electron chi connectivity index (χ4n) is 9.14. The molecule has 0 heterocycles. The summed E-state index contributed by atoms with van der Waals surface area (Å²) in [4.78, 5) is 0. The molecule has 0 aromatic heterocycles. The van der Waals surface area contributed by atoms with Crippen molar-refractivity contribution in [3.8, 4) is 0 Å². The monoisotopic (exact) mass is 362 g/mol. The Bertz CT molecular complexity index is 518. The van der Waals surface area contributed by atoms with Crippen LogP contribution in [-0.4, -0.2) is 22.9 Å². The average Bonchev–Trinajstić information content (AvgIpc) is 2.99. The highest BCUT2D eigenvalue weighted by Crippen LogP contribution is 2.69. The van der Waals surface area contributed by atoms with Crippen LogP contribution in [0.25, 0.3) is 0 Å². The van der Waals surface area contributed by atoms with Crippen molar-refractivity contribution in [2.75, 3.05) is 6.61 Å². The lowest BCUT2D eigenvalue weighted by atomic mass is 9.41. The molecule has 4 rings (SSSR count). The summed E-state index contributed by atoms with van der Waals surface area (Å²) in [6.07, 6.45) is 11.7. The molecule has 0 radical (unpaired) electrons. The quantitative estimate of drug-likeness (QED) is 0.718. The Balaban J connectivity index is 1.70. The molecule has 0 saturated heterocycles. The van der Waals surface area contributed by atoms with Gasteiger partial charge in [-0.2, -0.15) is 0 Å². The molecule has 2 nitrogen and oxygen atoms in total. The van der Waals surface area contributed by atoms with Gasteiger partial charge in [0.15, 0.2) is 0 Å². The average molecular weight is 363 g/mol. The SMILES string of the molecule is CC[C@H]1[C@@H](O)[C@@H]2[C@H](CC[C@]3(C)[C@@H](C(C)CO)CC[C@@H]23)[C@@]2(C)CCCC[C@@H]12. The highest BCUT2D eigenvalue weighted by Gasteiger charge is 2.64. The fraction of sp³-hybridized carbons (Fsp3) is 1.00. The molecule has 150 valence electrons. The van der Waals surface area contributed by atoms with Gasteiger partial charge in [0.1, 0.15) is 0 Å². The molecule has 2 N–H and O–H groups in total. The van der Waals surface area contributed by atoms with Crippen molar-refractivity contribution in [1.82, 2.24) is 0 Å². The second-order valence-electron chi connectivity index (χ2n) is 11.1. The number of hydrogen-bond donors (Lipinski definition) is 2. The standard InChI is InChI=1S/C24H42O2/c1-5-16-18-8-6-7-12-23(18,3)20-11-13-24(4)17(15(2)14-25)9-10-19(24)21(20)22(16)26/h15-22,25-26H,5-14H2,1-4H3/t15?,16-,17-,18+,19+,20+,21+,22-,23+,24-/m1/s1. The van der Waals surface area contributed by atoms with Gasteiger partial charge in [-0.05, 0) is 90.8 Å². The number of aliphatic hydroxyl groups excluding tert-OH is 2. The van der Waals surface area contributed by atoms with E-state index >= 15 is 0 Å². The summed E-state index contributed by atoms with van der Waals surface area (Å²) in [5.74, 6) is 4.21. The summed E-state index contributed by atoms with van der Waals surface area (Å²) in [6, 6.07) is 0. The summed E-state index contributed by atoms with van der Waals surface area (Å²) >= 11 is 0. The molecule has 4 aliphatic rings. The molecule has 0 spiro atoms. The molecule has 0 bridgehead atoms. The van der Waals surface area contributed by atoms with E-state index in [9.17, 15) is 10.2 Å². The van der Waals surface area contributed by atoms with Crippen LogP contribution in [0.4, 0.5) is 0 Å². The van der Waals surface area contributed by atoms with Crippen molar-refractivity contribution in [2.24, 2.45) is 52.3 Å². The number of hydrogen-bond acceptors (Lipinski definition) is 2. The van der Waals surface area contributed by atoms with Crippen molar-refractivity contribution < 1.29 is 10.2 Å². The van der Waals surface area contributed by atoms with E-state index in [0.29, 0.717) is 47.0 Å². The van der Waals surface area contributed by atoms with E-state index in [1.165, 1.54) is 51.4 Å². The van der Waals surface area contributed by atoms with Crippen molar-refractivity contribution in [2.45, 2.75) is 91.6 Å². The molecule has 2 heteroatoms. The molecule has 10 atom stereocenters. The van der Waals surface area contributed by atoms with Crippen LogP contribution in [0.3, 0.4) is 0 Å². The largest absolute Gasteiger partial charge is 0.396 e. The first-order chi connectivity index (χ1) is 12.4. The molecule has 0 aliphatic heterocycles. The maximum absolute atomic E-state index is 11.6. The lowest BCUT2D eigenvalue weighted by Gasteiger charge is -2.64. The number of aliphatic hydroxyl groups is 2. The zero-order valence-electron chi connectivity index (χ0n) is 17.6. The van der Waals surface area contributed by atoms with E-state index in [2.05, 4.69) is 27.7 Å². The Morgan fingerprint density at radius 2 is 1.65 bits per heavy atom. The van der Waals surface area contributed by atoms with E-state index in [-0.39, 0.29) is 6.10 Å². The molecule has 4 fully saturated rings. The van der Waals surface area contributed by atoms with Gasteiger partial charge in [0.05, 0.1) is 6.10 Å². The van der Waals surface area contributed by atoms with Crippen LogP contribution in [0, 0.1) is 52.3 Å². The van der Waals surface area contributed by atoms with Gasteiger partial charge in [0, 0.05) is 6.61 Å². The smallest absolute Gasteiger partial charge is 0.0605 e. The molecule has 4 aliphatic carbocycles. The summed E-state index contributed by atoms with van der Waals surface area (Å²) in [5.41, 5.74) is 0.797. The van der Waals surface area contributed by atoms with Crippen LogP contribution in [-0.2, 0) is 0 Å². The molecule has 0 aromatic carbocycles. The van der Waals surface area contributed by atoms with E-state index in [4.69, 9.17) is 0 Å². The van der Waals surface area contributed by atoms with Gasteiger partial charge < -0.3 is 10.2 Å². The fourth-order valence-corrected chi connectivity index (χ4v) is 9.14. The van der Waals surface area contributed by atoms with E-state index < -0.39 is 0 Å². The van der Waals surface area contributed by atoms with Crippen LogP contribution in [0.2, 0.25) is 0 Å². The molecular weight excluding hydrogens is 320 g/mol. The van der Waals surface area contributed by atoms with Crippen LogP contribution in [0.1, 0.15) is 85.5 Å². The maximum atomic E-state index is 11.6. The predicted octanol–water partition coefficient (Wildman–Crippen LogP) is 5.27. The van der Waals surface area contributed by atoms with E-state index in [1.807, 2.05) is 0 Å². The number of rotatable bonds is 3. The van der Waals surface area contributed by atoms with Crippen molar-refractivity contribution in [3.63, 3.8) is 0 Å². The van der Waals surface area contributed by atoms with Gasteiger partial charge in [-0.15, -0.1) is 0 Å². The Hall–Kier alpha value is -0.0800. The second kappa shape index (κ2) is 6.76. The molecule has 0 aromatic rings. The first-order valence-corrected chi connectivity index (χ1v) is 11.7. The van der Waals surface area contributed by atoms with Crippen LogP contribution in [0.5, 0.6) is 0 Å². The van der Waals surface area contributed by atoms with Gasteiger partial charge in [-0.3, -0.25) is 0 Å².